The summed E-state index contributed by atoms with van der Waals surface area (Å²) in [7, 11) is 0. The van der Waals surface area contributed by atoms with E-state index in [1.807, 2.05) is 24.3 Å². The van der Waals surface area contributed by atoms with Crippen molar-refractivity contribution < 1.29 is 0 Å². The lowest BCUT2D eigenvalue weighted by Gasteiger charge is -2.19. The second kappa shape index (κ2) is 14.6. The number of nitrogens with zero attached hydrogens (tertiary/aromatic N) is 4. The molecule has 59 heavy (non-hydrogen) atoms. The summed E-state index contributed by atoms with van der Waals surface area (Å²) in [6.45, 7) is 9.03. The SMILES string of the molecule is Cc1ccc2c(c1)c1cc(C(C)(C)C)ccc1n2-c1ccc(-c2ccccc2-c2ccccc2-c2ccc(-c3nnc(-c4ccccc4)n3-c3ccccc3)cc2)cc1. The Morgan fingerprint density at radius 2 is 0.814 bits per heavy atom. The van der Waals surface area contributed by atoms with E-state index in [0.29, 0.717) is 0 Å². The van der Waals surface area contributed by atoms with Gasteiger partial charge in [-0.3, -0.25) is 4.57 Å². The van der Waals surface area contributed by atoms with E-state index in [4.69, 9.17) is 5.10 Å². The minimum Gasteiger partial charge on any atom is -0.309 e. The van der Waals surface area contributed by atoms with E-state index in [9.17, 15) is 0 Å². The van der Waals surface area contributed by atoms with Crippen LogP contribution in [0.1, 0.15) is 31.9 Å². The van der Waals surface area contributed by atoms with Crippen molar-refractivity contribution in [3.05, 3.63) is 205 Å². The summed E-state index contributed by atoms with van der Waals surface area (Å²) in [6, 6.07) is 69.7. The van der Waals surface area contributed by atoms with Crippen molar-refractivity contribution in [1.82, 2.24) is 19.3 Å². The molecule has 0 aliphatic heterocycles. The van der Waals surface area contributed by atoms with Gasteiger partial charge in [-0.05, 0) is 99.8 Å². The van der Waals surface area contributed by atoms with Gasteiger partial charge < -0.3 is 4.57 Å². The van der Waals surface area contributed by atoms with Crippen molar-refractivity contribution in [2.24, 2.45) is 0 Å². The van der Waals surface area contributed by atoms with Gasteiger partial charge in [-0.15, -0.1) is 10.2 Å². The maximum Gasteiger partial charge on any atom is 0.168 e. The zero-order chi connectivity index (χ0) is 40.1. The molecule has 0 N–H and O–H groups in total. The zero-order valence-electron chi connectivity index (χ0n) is 33.8. The number of fused-ring (bicyclic) bond motifs is 3. The molecule has 4 heteroatoms. The van der Waals surface area contributed by atoms with Gasteiger partial charge in [-0.1, -0.05) is 172 Å². The number of rotatable bonds is 7. The highest BCUT2D eigenvalue weighted by atomic mass is 15.3. The Balaban J connectivity index is 1.01. The molecule has 0 aliphatic carbocycles. The molecule has 2 aromatic heterocycles. The second-order valence-corrected chi connectivity index (χ2v) is 16.4. The Hall–Kier alpha value is -7.30. The first-order valence-electron chi connectivity index (χ1n) is 20.3. The summed E-state index contributed by atoms with van der Waals surface area (Å²) in [6.07, 6.45) is 0. The predicted octanol–water partition coefficient (Wildman–Crippen LogP) is 14.3. The molecular formula is C55H44N4. The van der Waals surface area contributed by atoms with Gasteiger partial charge in [0.2, 0.25) is 0 Å². The molecular weight excluding hydrogens is 717 g/mol. The van der Waals surface area contributed by atoms with Gasteiger partial charge >= 0.3 is 0 Å². The first-order chi connectivity index (χ1) is 28.8. The fraction of sp³-hybridized carbons (Fsp3) is 0.0909. The van der Waals surface area contributed by atoms with E-state index < -0.39 is 0 Å². The molecule has 0 amide bonds. The monoisotopic (exact) mass is 760 g/mol. The molecule has 0 saturated heterocycles. The summed E-state index contributed by atoms with van der Waals surface area (Å²) in [5.41, 5.74) is 16.4. The van der Waals surface area contributed by atoms with Crippen molar-refractivity contribution in [2.75, 3.05) is 0 Å². The average molecular weight is 761 g/mol. The summed E-state index contributed by atoms with van der Waals surface area (Å²) >= 11 is 0. The normalized spacial score (nSPS) is 11.7. The Bertz CT molecular complexity index is 3110. The maximum absolute atomic E-state index is 4.73. The van der Waals surface area contributed by atoms with E-state index in [2.05, 4.69) is 212 Å². The van der Waals surface area contributed by atoms with Crippen molar-refractivity contribution in [1.29, 1.82) is 0 Å². The Kier molecular flexibility index (Phi) is 8.91. The minimum atomic E-state index is 0.0709. The quantitative estimate of drug-likeness (QED) is 0.162. The summed E-state index contributed by atoms with van der Waals surface area (Å²) in [4.78, 5) is 0. The summed E-state index contributed by atoms with van der Waals surface area (Å²) < 4.78 is 4.56. The first kappa shape index (κ1) is 36.1. The topological polar surface area (TPSA) is 35.6 Å². The molecule has 8 aromatic carbocycles. The van der Waals surface area contributed by atoms with E-state index in [-0.39, 0.29) is 5.41 Å². The van der Waals surface area contributed by atoms with Gasteiger partial charge in [0.1, 0.15) is 0 Å². The number of hydrogen-bond donors (Lipinski definition) is 0. The average Bonchev–Trinajstić information content (AvgIpc) is 3.86. The lowest BCUT2D eigenvalue weighted by Crippen LogP contribution is -2.10. The third kappa shape index (κ3) is 6.53. The van der Waals surface area contributed by atoms with Crippen LogP contribution in [0.5, 0.6) is 0 Å². The van der Waals surface area contributed by atoms with Crippen LogP contribution in [0.3, 0.4) is 0 Å². The molecule has 284 valence electrons. The van der Waals surface area contributed by atoms with Crippen molar-refractivity contribution in [2.45, 2.75) is 33.1 Å². The maximum atomic E-state index is 4.73. The van der Waals surface area contributed by atoms with Gasteiger partial charge in [-0.2, -0.15) is 0 Å². The largest absolute Gasteiger partial charge is 0.309 e. The minimum absolute atomic E-state index is 0.0709. The highest BCUT2D eigenvalue weighted by molar-refractivity contribution is 6.10. The first-order valence-corrected chi connectivity index (χ1v) is 20.3. The van der Waals surface area contributed by atoms with Crippen LogP contribution in [0.4, 0.5) is 0 Å². The molecule has 4 nitrogen and oxygen atoms in total. The summed E-state index contributed by atoms with van der Waals surface area (Å²) in [5, 5.41) is 12.0. The van der Waals surface area contributed by atoms with Crippen LogP contribution in [0, 0.1) is 6.92 Å². The van der Waals surface area contributed by atoms with E-state index in [0.717, 1.165) is 39.7 Å². The Morgan fingerprint density at radius 3 is 1.39 bits per heavy atom. The van der Waals surface area contributed by atoms with Gasteiger partial charge in [0, 0.05) is 33.3 Å². The van der Waals surface area contributed by atoms with Crippen LogP contribution >= 0.6 is 0 Å². The molecule has 0 saturated carbocycles. The number of hydrogen-bond acceptors (Lipinski definition) is 2. The highest BCUT2D eigenvalue weighted by Gasteiger charge is 2.20. The van der Waals surface area contributed by atoms with Crippen LogP contribution in [-0.4, -0.2) is 19.3 Å². The van der Waals surface area contributed by atoms with Gasteiger partial charge in [-0.25, -0.2) is 0 Å². The van der Waals surface area contributed by atoms with Crippen LogP contribution in [0.2, 0.25) is 0 Å². The molecule has 10 aromatic rings. The number of aryl methyl sites for hydroxylation is 1. The number of para-hydroxylation sites is 1. The third-order valence-electron chi connectivity index (χ3n) is 11.5. The van der Waals surface area contributed by atoms with Crippen LogP contribution in [-0.2, 0) is 5.41 Å². The van der Waals surface area contributed by atoms with Crippen molar-refractivity contribution >= 4 is 21.8 Å². The van der Waals surface area contributed by atoms with Gasteiger partial charge in [0.15, 0.2) is 11.6 Å². The molecule has 10 rings (SSSR count). The fourth-order valence-corrected chi connectivity index (χ4v) is 8.48. The highest BCUT2D eigenvalue weighted by Crippen LogP contribution is 2.40. The molecule has 0 bridgehead atoms. The molecule has 0 radical (unpaired) electrons. The molecule has 0 unspecified atom stereocenters. The second-order valence-electron chi connectivity index (χ2n) is 16.4. The van der Waals surface area contributed by atoms with Crippen LogP contribution in [0.15, 0.2) is 194 Å². The molecule has 0 atom stereocenters. The smallest absolute Gasteiger partial charge is 0.168 e. The predicted molar refractivity (Wildman–Crippen MR) is 246 cm³/mol. The Morgan fingerprint density at radius 1 is 0.373 bits per heavy atom. The van der Waals surface area contributed by atoms with Crippen molar-refractivity contribution in [3.8, 4) is 67.5 Å². The fourth-order valence-electron chi connectivity index (χ4n) is 8.48. The number of aromatic nitrogens is 4. The molecule has 0 spiro atoms. The van der Waals surface area contributed by atoms with E-state index in [1.165, 1.54) is 60.8 Å². The lowest BCUT2D eigenvalue weighted by atomic mass is 9.86. The van der Waals surface area contributed by atoms with Gasteiger partial charge in [0.25, 0.3) is 0 Å². The molecule has 0 aliphatic rings. The standard InChI is InChI=1S/C55H44N4/c1-37-23-33-51-49(35-37)50-36-42(55(2,3)4)30-34-52(50)58(51)44-31-28-39(29-32-44)46-20-12-14-22-48(46)47-21-13-11-19-45(47)38-24-26-41(27-25-38)54-57-56-53(40-15-7-5-8-16-40)59(54)43-17-9-6-10-18-43/h5-36H,1-4H3. The van der Waals surface area contributed by atoms with Gasteiger partial charge in [0.05, 0.1) is 11.0 Å². The summed E-state index contributed by atoms with van der Waals surface area (Å²) in [5.74, 6) is 1.61. The van der Waals surface area contributed by atoms with Crippen molar-refractivity contribution in [3.63, 3.8) is 0 Å². The number of benzene rings is 8. The molecule has 0 fully saturated rings. The van der Waals surface area contributed by atoms with E-state index in [1.54, 1.807) is 0 Å². The third-order valence-corrected chi connectivity index (χ3v) is 11.5. The lowest BCUT2D eigenvalue weighted by molar-refractivity contribution is 0.591. The molecule has 2 heterocycles. The van der Waals surface area contributed by atoms with Crippen LogP contribution < -0.4 is 0 Å². The Labute approximate surface area is 345 Å². The zero-order valence-corrected chi connectivity index (χ0v) is 33.8. The van der Waals surface area contributed by atoms with Crippen LogP contribution in [0.25, 0.3) is 89.3 Å². The van der Waals surface area contributed by atoms with E-state index >= 15 is 0 Å².